The van der Waals surface area contributed by atoms with Gasteiger partial charge in [-0.05, 0) is 84.0 Å². The summed E-state index contributed by atoms with van der Waals surface area (Å²) in [6.45, 7) is 5.12. The van der Waals surface area contributed by atoms with Crippen molar-refractivity contribution < 1.29 is 14.3 Å². The molecule has 0 unspecified atom stereocenters. The Bertz CT molecular complexity index is 1920. The number of amides is 1. The second kappa shape index (κ2) is 13.5. The molecule has 4 aromatic heterocycles. The van der Waals surface area contributed by atoms with E-state index in [-0.39, 0.29) is 5.91 Å². The van der Waals surface area contributed by atoms with Crippen LogP contribution in [0.15, 0.2) is 91.4 Å². The van der Waals surface area contributed by atoms with Crippen LogP contribution in [-0.2, 0) is 19.5 Å². The van der Waals surface area contributed by atoms with Crippen LogP contribution >= 0.6 is 0 Å². The van der Waals surface area contributed by atoms with E-state index in [0.29, 0.717) is 24.6 Å². The van der Waals surface area contributed by atoms with Crippen LogP contribution in [0.4, 0.5) is 11.6 Å². The van der Waals surface area contributed by atoms with Crippen LogP contribution in [0.1, 0.15) is 39.8 Å². The molecule has 0 aliphatic heterocycles. The number of benzene rings is 2. The average Bonchev–Trinajstić information content (AvgIpc) is 3.54. The molecule has 0 atom stereocenters. The Morgan fingerprint density at radius 3 is 2.15 bits per heavy atom. The first-order valence-corrected chi connectivity index (χ1v) is 15.0. The lowest BCUT2D eigenvalue weighted by Gasteiger charge is -2.26. The third-order valence-corrected chi connectivity index (χ3v) is 7.81. The molecule has 0 fully saturated rings. The molecule has 0 aliphatic carbocycles. The highest BCUT2D eigenvalue weighted by Crippen LogP contribution is 2.34. The number of fused-ring (bicyclic) bond motifs is 1. The van der Waals surface area contributed by atoms with E-state index >= 15 is 0 Å². The second-order valence-corrected chi connectivity index (χ2v) is 11.0. The predicted molar refractivity (Wildman–Crippen MR) is 179 cm³/mol. The van der Waals surface area contributed by atoms with E-state index in [2.05, 4.69) is 61.6 Å². The van der Waals surface area contributed by atoms with Crippen molar-refractivity contribution in [3.63, 3.8) is 0 Å². The van der Waals surface area contributed by atoms with Gasteiger partial charge in [0.05, 0.1) is 19.9 Å². The zero-order valence-corrected chi connectivity index (χ0v) is 26.2. The van der Waals surface area contributed by atoms with Crippen LogP contribution < -0.4 is 19.7 Å². The minimum absolute atomic E-state index is 0.295. The van der Waals surface area contributed by atoms with Gasteiger partial charge in [0.1, 0.15) is 23.1 Å². The fraction of sp³-hybridized carbons (Fsp3) is 0.194. The summed E-state index contributed by atoms with van der Waals surface area (Å²) in [5.74, 6) is 2.43. The average molecular weight is 614 g/mol. The maximum Gasteiger partial charge on any atom is 0.277 e. The summed E-state index contributed by atoms with van der Waals surface area (Å²) in [7, 11) is 3.32. The number of hydrogen-bond acceptors (Lipinski definition) is 8. The third kappa shape index (κ3) is 6.66. The van der Waals surface area contributed by atoms with E-state index in [0.717, 1.165) is 68.2 Å². The zero-order chi connectivity index (χ0) is 32.0. The Kier molecular flexibility index (Phi) is 8.87. The quantitative estimate of drug-likeness (QED) is 0.165. The van der Waals surface area contributed by atoms with Crippen LogP contribution in [0.5, 0.6) is 11.5 Å². The van der Waals surface area contributed by atoms with Gasteiger partial charge in [-0.25, -0.2) is 9.97 Å². The van der Waals surface area contributed by atoms with Gasteiger partial charge in [-0.15, -0.1) is 0 Å². The van der Waals surface area contributed by atoms with E-state index in [1.807, 2.05) is 55.6 Å². The summed E-state index contributed by atoms with van der Waals surface area (Å²) in [6.07, 6.45) is 6.26. The number of carbonyl (C=O) groups is 1. The maximum absolute atomic E-state index is 12.9. The Morgan fingerprint density at radius 2 is 1.57 bits per heavy atom. The predicted octanol–water partition coefficient (Wildman–Crippen LogP) is 6.76. The van der Waals surface area contributed by atoms with Gasteiger partial charge in [-0.2, -0.15) is 5.10 Å². The minimum atomic E-state index is -0.341. The number of H-pyrrole nitrogens is 1. The first kappa shape index (κ1) is 30.3. The van der Waals surface area contributed by atoms with Gasteiger partial charge in [-0.1, -0.05) is 31.2 Å². The number of ether oxygens (including phenoxy) is 2. The number of nitrogens with zero attached hydrogens (tertiary/aromatic N) is 5. The molecule has 232 valence electrons. The Morgan fingerprint density at radius 1 is 0.891 bits per heavy atom. The molecule has 46 heavy (non-hydrogen) atoms. The molecule has 6 rings (SSSR count). The highest BCUT2D eigenvalue weighted by atomic mass is 16.5. The highest BCUT2D eigenvalue weighted by molar-refractivity contribution is 6.04. The van der Waals surface area contributed by atoms with Crippen molar-refractivity contribution in [3.05, 3.63) is 119 Å². The highest BCUT2D eigenvalue weighted by Gasteiger charge is 2.19. The number of aryl methyl sites for hydroxylation is 2. The van der Waals surface area contributed by atoms with Gasteiger partial charge in [-0.3, -0.25) is 14.9 Å². The van der Waals surface area contributed by atoms with Gasteiger partial charge in [0, 0.05) is 48.3 Å². The van der Waals surface area contributed by atoms with Gasteiger partial charge < -0.3 is 19.7 Å². The number of nitrogens with one attached hydrogen (secondary N) is 2. The molecule has 10 heteroatoms. The lowest BCUT2D eigenvalue weighted by molar-refractivity contribution is 0.102. The molecule has 0 bridgehead atoms. The van der Waals surface area contributed by atoms with Crippen molar-refractivity contribution >= 4 is 28.3 Å². The number of methoxy groups -OCH3 is 2. The normalized spacial score (nSPS) is 11.0. The number of anilines is 2. The van der Waals surface area contributed by atoms with Gasteiger partial charge in [0.2, 0.25) is 0 Å². The summed E-state index contributed by atoms with van der Waals surface area (Å²) >= 11 is 0. The first-order chi connectivity index (χ1) is 22.4. The number of pyridine rings is 3. The van der Waals surface area contributed by atoms with E-state index in [1.54, 1.807) is 32.7 Å². The molecule has 10 nitrogen and oxygen atoms in total. The number of aromatic nitrogens is 5. The zero-order valence-electron chi connectivity index (χ0n) is 26.2. The van der Waals surface area contributed by atoms with Crippen LogP contribution in [0.3, 0.4) is 0 Å². The van der Waals surface area contributed by atoms with Crippen molar-refractivity contribution in [2.45, 2.75) is 33.4 Å². The molecule has 2 N–H and O–H groups in total. The van der Waals surface area contributed by atoms with Crippen molar-refractivity contribution in [2.24, 2.45) is 0 Å². The van der Waals surface area contributed by atoms with Gasteiger partial charge in [0.25, 0.3) is 5.91 Å². The van der Waals surface area contributed by atoms with Crippen LogP contribution in [0, 0.1) is 6.92 Å². The lowest BCUT2D eigenvalue weighted by atomic mass is 10.0. The summed E-state index contributed by atoms with van der Waals surface area (Å²) in [5.41, 5.74) is 6.16. The summed E-state index contributed by atoms with van der Waals surface area (Å²) in [5, 5.41) is 11.5. The fourth-order valence-corrected chi connectivity index (χ4v) is 5.36. The Balaban J connectivity index is 1.48. The van der Waals surface area contributed by atoms with E-state index in [4.69, 9.17) is 14.5 Å². The molecule has 2 aromatic carbocycles. The Labute approximate surface area is 267 Å². The third-order valence-electron chi connectivity index (χ3n) is 7.81. The molecular weight excluding hydrogens is 578 g/mol. The number of hydrogen-bond donors (Lipinski definition) is 2. The van der Waals surface area contributed by atoms with Crippen LogP contribution in [0.2, 0.25) is 0 Å². The van der Waals surface area contributed by atoms with Gasteiger partial charge in [0.15, 0.2) is 5.69 Å². The monoisotopic (exact) mass is 613 g/mol. The van der Waals surface area contributed by atoms with Crippen molar-refractivity contribution in [2.75, 3.05) is 24.4 Å². The van der Waals surface area contributed by atoms with Crippen molar-refractivity contribution in [1.82, 2.24) is 25.1 Å². The molecule has 0 saturated carbocycles. The molecule has 0 spiro atoms. The van der Waals surface area contributed by atoms with E-state index in [1.165, 1.54) is 0 Å². The van der Waals surface area contributed by atoms with Gasteiger partial charge >= 0.3 is 0 Å². The summed E-state index contributed by atoms with van der Waals surface area (Å²) in [4.78, 5) is 29.5. The summed E-state index contributed by atoms with van der Waals surface area (Å²) in [6, 6.07) is 23.7. The van der Waals surface area contributed by atoms with E-state index < -0.39 is 0 Å². The lowest BCUT2D eigenvalue weighted by Crippen LogP contribution is -2.24. The molecule has 6 aromatic rings. The molecule has 0 saturated heterocycles. The molecule has 0 aliphatic rings. The number of rotatable bonds is 11. The Hall–Kier alpha value is -5.77. The molecular formula is C36H35N7O3. The summed E-state index contributed by atoms with van der Waals surface area (Å²) < 4.78 is 10.8. The first-order valence-electron chi connectivity index (χ1n) is 15.0. The molecule has 1 amide bonds. The van der Waals surface area contributed by atoms with Crippen LogP contribution in [-0.4, -0.2) is 45.3 Å². The van der Waals surface area contributed by atoms with Crippen molar-refractivity contribution in [3.8, 4) is 22.8 Å². The molecule has 4 heterocycles. The standard InChI is InChI=1S/C36H35N7O3/c1-5-26-14-15-37-19-30(26)32-17-27-18-34(40-36(44)33-16-23(2)41-42-33)38-20-31(27)35(39-32)43(21-24-6-10-28(45-3)11-7-24)22-25-8-12-29(46-4)13-9-25/h6-20H,5,21-22H2,1-4H3,(H,41,42)(H,38,40,44). The maximum atomic E-state index is 12.9. The van der Waals surface area contributed by atoms with Crippen molar-refractivity contribution in [1.29, 1.82) is 0 Å². The smallest absolute Gasteiger partial charge is 0.277 e. The topological polar surface area (TPSA) is 118 Å². The largest absolute Gasteiger partial charge is 0.497 e. The molecule has 0 radical (unpaired) electrons. The van der Waals surface area contributed by atoms with E-state index in [9.17, 15) is 4.79 Å². The fourth-order valence-electron chi connectivity index (χ4n) is 5.36. The van der Waals surface area contributed by atoms with Crippen LogP contribution in [0.25, 0.3) is 22.0 Å². The number of carbonyl (C=O) groups excluding carboxylic acids is 1. The second-order valence-electron chi connectivity index (χ2n) is 11.0. The number of aromatic amines is 1. The SMILES string of the molecule is CCc1ccncc1-c1cc2cc(NC(=O)c3cc(C)[nH]n3)ncc2c(N(Cc2ccc(OC)cc2)Cc2ccc(OC)cc2)n1. The minimum Gasteiger partial charge on any atom is -0.497 e.